The van der Waals surface area contributed by atoms with Gasteiger partial charge in [-0.25, -0.2) is 35.8 Å². The van der Waals surface area contributed by atoms with E-state index >= 15 is 0 Å². The van der Waals surface area contributed by atoms with Gasteiger partial charge in [0.05, 0.1) is 20.0 Å². The number of sulfonamides is 1. The summed E-state index contributed by atoms with van der Waals surface area (Å²) in [5.74, 6) is 1.02. The van der Waals surface area contributed by atoms with Crippen molar-refractivity contribution in [3.63, 3.8) is 0 Å². The van der Waals surface area contributed by atoms with Crippen molar-refractivity contribution in [2.75, 3.05) is 101 Å². The topological polar surface area (TPSA) is 367 Å². The van der Waals surface area contributed by atoms with Gasteiger partial charge in [-0.1, -0.05) is 0 Å². The van der Waals surface area contributed by atoms with E-state index in [1.54, 1.807) is 0 Å². The SMILES string of the molecule is CNC(=O)NCCNc1nc(Cl)nc(Cl)n1.CNS(=O)(=O)CCCNc1nc(Cl)nc(Cl)n1.COS(=O)NCCNc1nc(Cl)nc(Cl)n1.COS(=O)NCCNc1nc(Cl)nc(Cl)n1. The molecule has 0 aliphatic heterocycles. The molecule has 4 rings (SSSR count). The van der Waals surface area contributed by atoms with Crippen LogP contribution in [0.2, 0.25) is 42.3 Å². The summed E-state index contributed by atoms with van der Waals surface area (Å²) < 4.78 is 60.2. The normalized spacial score (nSPS) is 11.5. The minimum Gasteiger partial charge on any atom is -0.354 e. The number of anilines is 4. The average molecular weight is 1140 g/mol. The molecule has 4 heterocycles. The number of hydrogen-bond donors (Lipinski definition) is 9. The van der Waals surface area contributed by atoms with Crippen LogP contribution in [0.3, 0.4) is 0 Å². The van der Waals surface area contributed by atoms with Crippen LogP contribution in [0, 0.1) is 0 Å². The van der Waals surface area contributed by atoms with Crippen molar-refractivity contribution in [1.29, 1.82) is 0 Å². The van der Waals surface area contributed by atoms with Crippen molar-refractivity contribution in [3.8, 4) is 0 Å². The van der Waals surface area contributed by atoms with Gasteiger partial charge in [-0.2, -0.15) is 59.8 Å². The first-order valence-electron chi connectivity index (χ1n) is 17.3. The third-order valence-electron chi connectivity index (χ3n) is 5.99. The van der Waals surface area contributed by atoms with E-state index in [0.717, 1.165) is 0 Å². The number of carbonyl (C=O) groups is 1. The molecule has 28 nitrogen and oxygen atoms in total. The van der Waals surface area contributed by atoms with E-state index < -0.39 is 32.6 Å². The number of amides is 2. The summed E-state index contributed by atoms with van der Waals surface area (Å²) in [6.07, 6.45) is 0.407. The van der Waals surface area contributed by atoms with E-state index in [-0.39, 0.29) is 77.8 Å². The molecule has 2 unspecified atom stereocenters. The summed E-state index contributed by atoms with van der Waals surface area (Å²) in [5.41, 5.74) is 0. The molecule has 0 bridgehead atoms. The number of hydrogen-bond acceptors (Lipinski definition) is 23. The molecule has 65 heavy (non-hydrogen) atoms. The van der Waals surface area contributed by atoms with Crippen molar-refractivity contribution in [2.45, 2.75) is 6.42 Å². The van der Waals surface area contributed by atoms with E-state index in [1.807, 2.05) is 0 Å². The highest BCUT2D eigenvalue weighted by atomic mass is 35.5. The maximum absolute atomic E-state index is 11.1. The molecule has 2 atom stereocenters. The first-order chi connectivity index (χ1) is 30.8. The second-order valence-corrected chi connectivity index (χ2v) is 17.4. The number of nitrogens with zero attached hydrogens (tertiary/aromatic N) is 12. The lowest BCUT2D eigenvalue weighted by Gasteiger charge is -2.06. The summed E-state index contributed by atoms with van der Waals surface area (Å²) >= 11 is 41.6. The first kappa shape index (κ1) is 59.9. The molecule has 4 aromatic heterocycles. The van der Waals surface area contributed by atoms with Gasteiger partial charge in [-0.15, -0.1) is 0 Å². The number of aromatic nitrogens is 12. The van der Waals surface area contributed by atoms with Gasteiger partial charge in [0.15, 0.2) is 0 Å². The van der Waals surface area contributed by atoms with Crippen molar-refractivity contribution in [3.05, 3.63) is 42.3 Å². The molecule has 2 amide bonds. The highest BCUT2D eigenvalue weighted by Crippen LogP contribution is 2.12. The molecule has 364 valence electrons. The molecule has 9 N–H and O–H groups in total. The maximum Gasteiger partial charge on any atom is 0.314 e. The van der Waals surface area contributed by atoms with Crippen LogP contribution in [0.25, 0.3) is 0 Å². The maximum atomic E-state index is 11.1. The number of urea groups is 1. The van der Waals surface area contributed by atoms with E-state index in [0.29, 0.717) is 52.2 Å². The Bertz CT molecular complexity index is 1970. The molecule has 0 aliphatic carbocycles. The van der Waals surface area contributed by atoms with Crippen LogP contribution < -0.4 is 46.1 Å². The molecule has 0 saturated carbocycles. The molecule has 4 aromatic rings. The largest absolute Gasteiger partial charge is 0.354 e. The van der Waals surface area contributed by atoms with Crippen LogP contribution in [-0.4, -0.2) is 163 Å². The lowest BCUT2D eigenvalue weighted by molar-refractivity contribution is 0.243. The minimum absolute atomic E-state index is 0.0101. The van der Waals surface area contributed by atoms with Crippen LogP contribution in [0.5, 0.6) is 0 Å². The van der Waals surface area contributed by atoms with Gasteiger partial charge in [0.1, 0.15) is 0 Å². The van der Waals surface area contributed by atoms with Crippen LogP contribution in [0.15, 0.2) is 0 Å². The second-order valence-electron chi connectivity index (χ2n) is 10.5. The van der Waals surface area contributed by atoms with E-state index in [1.165, 1.54) is 28.3 Å². The lowest BCUT2D eigenvalue weighted by atomic mass is 10.5. The Hall–Kier alpha value is -3.12. The average Bonchev–Trinajstić information content (AvgIpc) is 3.23. The van der Waals surface area contributed by atoms with Crippen molar-refractivity contribution < 1.29 is 30.0 Å². The zero-order chi connectivity index (χ0) is 48.8. The predicted molar refractivity (Wildman–Crippen MR) is 250 cm³/mol. The fourth-order valence-electron chi connectivity index (χ4n) is 3.36. The zero-order valence-corrected chi connectivity index (χ0v) is 42.3. The van der Waals surface area contributed by atoms with Gasteiger partial charge in [0, 0.05) is 52.9 Å². The molecule has 0 radical (unpaired) electrons. The second kappa shape index (κ2) is 34.2. The summed E-state index contributed by atoms with van der Waals surface area (Å²) in [7, 11) is 2.39. The summed E-state index contributed by atoms with van der Waals surface area (Å²) in [6, 6.07) is -0.256. The highest BCUT2D eigenvalue weighted by Gasteiger charge is 2.08. The Kier molecular flexibility index (Phi) is 31.5. The van der Waals surface area contributed by atoms with Crippen LogP contribution in [-0.2, 0) is 40.9 Å². The Morgan fingerprint density at radius 3 is 1.06 bits per heavy atom. The Balaban J connectivity index is 0.000000433. The third kappa shape index (κ3) is 30.7. The van der Waals surface area contributed by atoms with E-state index in [4.69, 9.17) is 92.8 Å². The highest BCUT2D eigenvalue weighted by molar-refractivity contribution is 7.89. The molecule has 0 fully saturated rings. The van der Waals surface area contributed by atoms with Crippen LogP contribution in [0.1, 0.15) is 6.42 Å². The lowest BCUT2D eigenvalue weighted by Crippen LogP contribution is -2.35. The first-order valence-corrected chi connectivity index (χ1v) is 24.1. The van der Waals surface area contributed by atoms with Gasteiger partial charge in [0.2, 0.25) is 98.6 Å². The zero-order valence-electron chi connectivity index (χ0n) is 33.8. The summed E-state index contributed by atoms with van der Waals surface area (Å²) in [6.45, 7) is 2.93. The van der Waals surface area contributed by atoms with E-state index in [2.05, 4.69) is 114 Å². The van der Waals surface area contributed by atoms with Gasteiger partial charge in [0.25, 0.3) is 0 Å². The van der Waals surface area contributed by atoms with Crippen molar-refractivity contribution in [2.24, 2.45) is 0 Å². The molecule has 0 aliphatic rings. The fourth-order valence-corrected chi connectivity index (χ4v) is 6.31. The molecular weight excluding hydrogens is 1100 g/mol. The fraction of sp³-hybridized carbons (Fsp3) is 0.500. The Morgan fingerprint density at radius 2 is 0.785 bits per heavy atom. The molecular formula is C26H39Cl8N21O7S3. The molecule has 39 heteroatoms. The summed E-state index contributed by atoms with van der Waals surface area (Å²) in [5, 5.41) is 16.3. The number of rotatable bonds is 22. The molecule has 0 saturated heterocycles. The van der Waals surface area contributed by atoms with Gasteiger partial charge < -0.3 is 31.9 Å². The van der Waals surface area contributed by atoms with Crippen LogP contribution in [0.4, 0.5) is 28.6 Å². The standard InChI is InChI=1S/C7H10Cl2N6O.C7H11Cl2N5O2S.2C6H9Cl2N5O2S/c1-10-7(16)12-3-2-11-6-14-4(8)13-5(9)15-6;1-10-17(15,16)4-2-3-11-7-13-5(8)12-6(9)14-7;2*1-15-16(14)10-3-2-9-6-12-4(7)11-5(8)13-6/h2-3H2,1H3,(H2,10,12,16)(H,11,13,14,15);10H,2-4H2,1H3,(H,11,12,13,14);2*10H,2-3H2,1H3,(H,9,11,12,13). The quantitative estimate of drug-likeness (QED) is 0.0507. The predicted octanol–water partition coefficient (Wildman–Crippen LogP) is 1.86. The number of carbonyl (C=O) groups excluding carboxylic acids is 1. The number of halogens is 8. The monoisotopic (exact) mass is 1130 g/mol. The van der Waals surface area contributed by atoms with Gasteiger partial charge >= 0.3 is 6.03 Å². The van der Waals surface area contributed by atoms with Gasteiger partial charge in [-0.3, -0.25) is 8.37 Å². The Labute approximate surface area is 416 Å². The minimum atomic E-state index is -3.19. The molecule has 0 aromatic carbocycles. The Morgan fingerprint density at radius 1 is 0.492 bits per heavy atom. The van der Waals surface area contributed by atoms with E-state index in [9.17, 15) is 21.6 Å². The van der Waals surface area contributed by atoms with Crippen molar-refractivity contribution in [1.82, 2.24) is 84.6 Å². The van der Waals surface area contributed by atoms with Crippen LogP contribution >= 0.6 is 92.8 Å². The summed E-state index contributed by atoms with van der Waals surface area (Å²) in [4.78, 5) is 55.4. The third-order valence-corrected chi connectivity index (χ3v) is 10.3. The molecule has 0 spiro atoms. The van der Waals surface area contributed by atoms with Gasteiger partial charge in [-0.05, 0) is 106 Å². The number of nitrogens with one attached hydrogen (secondary N) is 9. The van der Waals surface area contributed by atoms with Crippen molar-refractivity contribution >= 4 is 155 Å². The smallest absolute Gasteiger partial charge is 0.314 e.